The summed E-state index contributed by atoms with van der Waals surface area (Å²) in [4.78, 5) is 0. The molecule has 0 N–H and O–H groups in total. The van der Waals surface area contributed by atoms with Crippen molar-refractivity contribution in [2.45, 2.75) is 0 Å². The Bertz CT molecular complexity index is 503. The van der Waals surface area contributed by atoms with Crippen LogP contribution < -0.4 is 0 Å². The van der Waals surface area contributed by atoms with Crippen LogP contribution in [0.15, 0.2) is 60.7 Å². The predicted molar refractivity (Wildman–Crippen MR) is 76.6 cm³/mol. The van der Waals surface area contributed by atoms with E-state index >= 15 is 0 Å². The van der Waals surface area contributed by atoms with Crippen molar-refractivity contribution in [1.82, 2.24) is 0 Å². The highest BCUT2D eigenvalue weighted by atomic mass is 28.1. The van der Waals surface area contributed by atoms with Gasteiger partial charge in [0.2, 0.25) is 0 Å². The minimum Gasteiger partial charge on any atom is -0.496 e. The van der Waals surface area contributed by atoms with Crippen molar-refractivity contribution in [2.75, 3.05) is 7.11 Å². The molecule has 2 rings (SSSR count). The summed E-state index contributed by atoms with van der Waals surface area (Å²) in [7, 11) is 2.70. The van der Waals surface area contributed by atoms with Crippen LogP contribution in [0, 0.1) is 0 Å². The molecule has 0 aliphatic rings. The molecule has 86 valence electrons. The van der Waals surface area contributed by atoms with E-state index in [2.05, 4.69) is 36.4 Å². The molecule has 0 aliphatic heterocycles. The van der Waals surface area contributed by atoms with Gasteiger partial charge in [0.15, 0.2) is 0 Å². The minimum atomic E-state index is 0.959. The van der Waals surface area contributed by atoms with E-state index in [4.69, 9.17) is 4.74 Å². The molecule has 1 nitrogen and oxygen atoms in total. The second-order valence-corrected chi connectivity index (χ2v) is 4.89. The number of benzene rings is 2. The van der Waals surface area contributed by atoms with Crippen molar-refractivity contribution in [3.05, 3.63) is 71.8 Å². The first-order chi connectivity index (χ1) is 8.33. The van der Waals surface area contributed by atoms with Crippen molar-refractivity contribution in [2.24, 2.45) is 0 Å². The van der Waals surface area contributed by atoms with Gasteiger partial charge >= 0.3 is 0 Å². The lowest BCUT2D eigenvalue weighted by molar-refractivity contribution is 0.372. The van der Waals surface area contributed by atoms with Gasteiger partial charge in [0.05, 0.1) is 7.11 Å². The summed E-state index contributed by atoms with van der Waals surface area (Å²) in [6.45, 7) is 0. The predicted octanol–water partition coefficient (Wildman–Crippen LogP) is 2.52. The highest BCUT2D eigenvalue weighted by Crippen LogP contribution is 2.24. The molecule has 0 spiro atoms. The molecule has 0 saturated heterocycles. The molecular weight excluding hydrogens is 224 g/mol. The number of ether oxygens (including phenoxy) is 1. The maximum absolute atomic E-state index is 5.57. The lowest BCUT2D eigenvalue weighted by Gasteiger charge is -2.11. The first-order valence-electron chi connectivity index (χ1n) is 5.68. The van der Waals surface area contributed by atoms with Crippen LogP contribution in [0.3, 0.4) is 0 Å². The Morgan fingerprint density at radius 2 is 1.29 bits per heavy atom. The van der Waals surface area contributed by atoms with E-state index in [1.807, 2.05) is 24.3 Å². The summed E-state index contributed by atoms with van der Waals surface area (Å²) in [6.07, 6.45) is 0. The molecule has 0 aliphatic carbocycles. The molecule has 0 unspecified atom stereocenters. The van der Waals surface area contributed by atoms with Crippen LogP contribution >= 0.6 is 0 Å². The lowest BCUT2D eigenvalue weighted by Crippen LogP contribution is -1.94. The molecule has 0 heterocycles. The van der Waals surface area contributed by atoms with Gasteiger partial charge in [0, 0.05) is 15.8 Å². The topological polar surface area (TPSA) is 9.23 Å². The van der Waals surface area contributed by atoms with Gasteiger partial charge in [-0.1, -0.05) is 60.7 Å². The maximum Gasteiger partial charge on any atom is 0.124 e. The maximum atomic E-state index is 5.57. The van der Waals surface area contributed by atoms with E-state index in [-0.39, 0.29) is 0 Å². The van der Waals surface area contributed by atoms with Crippen LogP contribution in [-0.4, -0.2) is 17.4 Å². The Balaban J connectivity index is 2.48. The molecule has 0 atom stereocenters. The van der Waals surface area contributed by atoms with E-state index in [0.717, 1.165) is 21.6 Å². The third kappa shape index (κ3) is 2.66. The Morgan fingerprint density at radius 1 is 0.824 bits per heavy atom. The van der Waals surface area contributed by atoms with Crippen LogP contribution in [0.25, 0.3) is 11.0 Å². The average molecular weight is 240 g/mol. The Morgan fingerprint density at radius 3 is 1.76 bits per heavy atom. The van der Waals surface area contributed by atoms with Gasteiger partial charge in [0.25, 0.3) is 0 Å². The summed E-state index contributed by atoms with van der Waals surface area (Å²) in [5, 5.41) is 1.29. The molecule has 2 aromatic rings. The Kier molecular flexibility index (Phi) is 3.78. The molecule has 0 amide bonds. The SMILES string of the molecule is COC(=C([SiH3])c1ccccc1)c1ccccc1. The minimum absolute atomic E-state index is 0.959. The summed E-state index contributed by atoms with van der Waals surface area (Å²) < 4.78 is 5.57. The number of hydrogen-bond donors (Lipinski definition) is 0. The van der Waals surface area contributed by atoms with Gasteiger partial charge in [-0.05, 0) is 10.8 Å². The normalized spacial score (nSPS) is 12.1. The van der Waals surface area contributed by atoms with Gasteiger partial charge in [-0.15, -0.1) is 0 Å². The summed E-state index contributed by atoms with van der Waals surface area (Å²) >= 11 is 0. The fraction of sp³-hybridized carbons (Fsp3) is 0.0667. The number of hydrogen-bond acceptors (Lipinski definition) is 1. The van der Waals surface area contributed by atoms with E-state index in [1.54, 1.807) is 7.11 Å². The first kappa shape index (κ1) is 11.7. The van der Waals surface area contributed by atoms with Crippen LogP contribution in [0.4, 0.5) is 0 Å². The smallest absolute Gasteiger partial charge is 0.124 e. The zero-order valence-corrected chi connectivity index (χ0v) is 12.2. The molecule has 0 aromatic heterocycles. The van der Waals surface area contributed by atoms with E-state index in [9.17, 15) is 0 Å². The summed E-state index contributed by atoms with van der Waals surface area (Å²) in [5.41, 5.74) is 2.39. The second-order valence-electron chi connectivity index (χ2n) is 3.89. The van der Waals surface area contributed by atoms with Gasteiger partial charge in [0.1, 0.15) is 5.76 Å². The largest absolute Gasteiger partial charge is 0.496 e. The third-order valence-electron chi connectivity index (χ3n) is 2.79. The monoisotopic (exact) mass is 240 g/mol. The van der Waals surface area contributed by atoms with Gasteiger partial charge in [-0.2, -0.15) is 0 Å². The molecule has 17 heavy (non-hydrogen) atoms. The third-order valence-corrected chi connectivity index (χ3v) is 3.82. The zero-order chi connectivity index (χ0) is 12.1. The van der Waals surface area contributed by atoms with Gasteiger partial charge < -0.3 is 4.74 Å². The van der Waals surface area contributed by atoms with E-state index in [1.165, 1.54) is 10.8 Å². The lowest BCUT2D eigenvalue weighted by atomic mass is 10.1. The van der Waals surface area contributed by atoms with Crippen molar-refractivity contribution in [3.63, 3.8) is 0 Å². The number of rotatable bonds is 3. The second kappa shape index (κ2) is 5.50. The molecule has 0 bridgehead atoms. The number of methoxy groups -OCH3 is 1. The highest BCUT2D eigenvalue weighted by molar-refractivity contribution is 6.46. The first-order valence-corrected chi connectivity index (χ1v) is 6.68. The summed E-state index contributed by atoms with van der Waals surface area (Å²) in [5.74, 6) is 0.989. The zero-order valence-electron chi connectivity index (χ0n) is 10.2. The quantitative estimate of drug-likeness (QED) is 0.455. The van der Waals surface area contributed by atoms with Crippen LogP contribution in [0.1, 0.15) is 11.1 Å². The van der Waals surface area contributed by atoms with Crippen molar-refractivity contribution < 1.29 is 4.74 Å². The summed E-state index contributed by atoms with van der Waals surface area (Å²) in [6, 6.07) is 20.7. The molecule has 2 aromatic carbocycles. The van der Waals surface area contributed by atoms with Gasteiger partial charge in [-0.3, -0.25) is 0 Å². The van der Waals surface area contributed by atoms with E-state index < -0.39 is 0 Å². The highest BCUT2D eigenvalue weighted by Gasteiger charge is 2.06. The molecular formula is C15H16OSi. The molecule has 2 heteroatoms. The van der Waals surface area contributed by atoms with Crippen molar-refractivity contribution in [3.8, 4) is 0 Å². The fourth-order valence-corrected chi connectivity index (χ4v) is 2.72. The Labute approximate surface area is 105 Å². The fourth-order valence-electron chi connectivity index (χ4n) is 1.90. The van der Waals surface area contributed by atoms with Crippen LogP contribution in [-0.2, 0) is 4.74 Å². The van der Waals surface area contributed by atoms with Crippen LogP contribution in [0.2, 0.25) is 0 Å². The molecule has 0 saturated carbocycles. The Hall–Kier alpha value is -1.80. The van der Waals surface area contributed by atoms with Gasteiger partial charge in [-0.25, -0.2) is 0 Å². The van der Waals surface area contributed by atoms with Crippen molar-refractivity contribution in [1.29, 1.82) is 0 Å². The van der Waals surface area contributed by atoms with E-state index in [0.29, 0.717) is 0 Å². The molecule has 0 fully saturated rings. The average Bonchev–Trinajstić information content (AvgIpc) is 2.42. The standard InChI is InChI=1S/C15H16OSi/c1-16-14(12-8-4-2-5-9-12)15(17)13-10-6-3-7-11-13/h2-11H,1,17H3. The molecule has 0 radical (unpaired) electrons. The van der Waals surface area contributed by atoms with Crippen LogP contribution in [0.5, 0.6) is 0 Å². The van der Waals surface area contributed by atoms with Crippen molar-refractivity contribution >= 4 is 21.2 Å².